The number of imide groups is 2. The zero-order chi connectivity index (χ0) is 33.8. The van der Waals surface area contributed by atoms with Crippen molar-refractivity contribution < 1.29 is 32.3 Å². The van der Waals surface area contributed by atoms with Gasteiger partial charge in [0.2, 0.25) is 17.8 Å². The van der Waals surface area contributed by atoms with Crippen molar-refractivity contribution in [3.8, 4) is 0 Å². The number of amides is 4. The summed E-state index contributed by atoms with van der Waals surface area (Å²) in [6, 6.07) is 11.4. The number of unbranched alkanes of at least 4 members (excludes halogenated alkanes) is 3. The van der Waals surface area contributed by atoms with Gasteiger partial charge in [-0.1, -0.05) is 31.0 Å². The molecule has 252 valence electrons. The number of hydrogen-bond acceptors (Lipinski definition) is 9. The van der Waals surface area contributed by atoms with Crippen LogP contribution in [0.1, 0.15) is 70.4 Å². The molecule has 2 N–H and O–H groups in total. The molecule has 0 bridgehead atoms. The Bertz CT molecular complexity index is 1710. The fourth-order valence-corrected chi connectivity index (χ4v) is 6.45. The average molecular weight is 664 g/mol. The van der Waals surface area contributed by atoms with Gasteiger partial charge in [-0.2, -0.15) is 18.2 Å². The quantitative estimate of drug-likeness (QED) is 0.226. The molecule has 3 aromatic rings. The molecule has 1 atom stereocenters. The zero-order valence-electron chi connectivity index (χ0n) is 26.3. The zero-order valence-corrected chi connectivity index (χ0v) is 26.3. The molecular formula is C34H36F3N7O4. The Morgan fingerprint density at radius 1 is 0.875 bits per heavy atom. The van der Waals surface area contributed by atoms with E-state index in [0.29, 0.717) is 67.7 Å². The van der Waals surface area contributed by atoms with Crippen molar-refractivity contribution in [2.75, 3.05) is 47.8 Å². The van der Waals surface area contributed by atoms with Crippen molar-refractivity contribution in [2.45, 2.75) is 57.2 Å². The number of rotatable bonds is 11. The lowest BCUT2D eigenvalue weighted by atomic mass is 9.97. The molecule has 4 heterocycles. The van der Waals surface area contributed by atoms with Crippen molar-refractivity contribution in [2.24, 2.45) is 0 Å². The molecule has 3 aliphatic heterocycles. The van der Waals surface area contributed by atoms with Crippen LogP contribution in [0, 0.1) is 0 Å². The van der Waals surface area contributed by atoms with Gasteiger partial charge in [-0.25, -0.2) is 4.98 Å². The van der Waals surface area contributed by atoms with Gasteiger partial charge < -0.3 is 15.1 Å². The van der Waals surface area contributed by atoms with Crippen LogP contribution in [0.3, 0.4) is 0 Å². The number of halogens is 3. The summed E-state index contributed by atoms with van der Waals surface area (Å²) in [5.74, 6) is -0.734. The molecule has 6 rings (SSSR count). The largest absolute Gasteiger partial charge is 0.416 e. The standard InChI is InChI=1S/C34H36F3N7O4/c35-34(36,37)23-9-6-10-24(21-23)42-17-19-43(20-18-42)33-39-16-14-27(40-33)38-15-4-2-1-3-7-22-8-5-11-25-29(22)32(48)44(31(25)47)26-12-13-28(45)41-30(26)46/h5-6,8-11,14,16,21,26H,1-4,7,12-13,15,17-20H2,(H,38,39,40)(H,41,45,46). The molecule has 3 aliphatic rings. The van der Waals surface area contributed by atoms with Gasteiger partial charge >= 0.3 is 6.18 Å². The molecule has 4 amide bonds. The molecule has 14 heteroatoms. The Morgan fingerprint density at radius 3 is 2.40 bits per heavy atom. The second-order valence-corrected chi connectivity index (χ2v) is 12.1. The maximum Gasteiger partial charge on any atom is 0.416 e. The molecule has 11 nitrogen and oxygen atoms in total. The van der Waals surface area contributed by atoms with E-state index in [1.165, 1.54) is 12.1 Å². The van der Waals surface area contributed by atoms with Gasteiger partial charge in [-0.15, -0.1) is 0 Å². The lowest BCUT2D eigenvalue weighted by Crippen LogP contribution is -2.54. The second kappa shape index (κ2) is 14.0. The summed E-state index contributed by atoms with van der Waals surface area (Å²) in [5, 5.41) is 5.56. The second-order valence-electron chi connectivity index (χ2n) is 12.1. The Balaban J connectivity index is 0.933. The smallest absolute Gasteiger partial charge is 0.370 e. The summed E-state index contributed by atoms with van der Waals surface area (Å²) < 4.78 is 39.4. The number of carbonyl (C=O) groups excluding carboxylic acids is 4. The first kappa shape index (κ1) is 32.9. The van der Waals surface area contributed by atoms with Crippen LogP contribution in [0.4, 0.5) is 30.6 Å². The fourth-order valence-electron chi connectivity index (χ4n) is 6.45. The van der Waals surface area contributed by atoms with Crippen molar-refractivity contribution >= 4 is 41.1 Å². The summed E-state index contributed by atoms with van der Waals surface area (Å²) in [6.45, 7) is 2.97. The van der Waals surface area contributed by atoms with E-state index in [-0.39, 0.29) is 12.8 Å². The number of anilines is 3. The number of nitrogens with one attached hydrogen (secondary N) is 2. The third kappa shape index (κ3) is 7.11. The third-order valence-electron chi connectivity index (χ3n) is 8.98. The van der Waals surface area contributed by atoms with Crippen LogP contribution in [0.25, 0.3) is 0 Å². The maximum absolute atomic E-state index is 13.3. The molecule has 0 aliphatic carbocycles. The predicted molar refractivity (Wildman–Crippen MR) is 172 cm³/mol. The van der Waals surface area contributed by atoms with E-state index in [0.717, 1.165) is 42.2 Å². The minimum atomic E-state index is -4.38. The highest BCUT2D eigenvalue weighted by molar-refractivity contribution is 6.24. The maximum atomic E-state index is 13.3. The Kier molecular flexibility index (Phi) is 9.60. The number of aromatic nitrogens is 2. The van der Waals surface area contributed by atoms with Crippen LogP contribution in [0.15, 0.2) is 54.7 Å². The van der Waals surface area contributed by atoms with E-state index >= 15 is 0 Å². The van der Waals surface area contributed by atoms with Gasteiger partial charge in [0.05, 0.1) is 16.7 Å². The number of alkyl halides is 3. The molecule has 2 aromatic carbocycles. The third-order valence-corrected chi connectivity index (χ3v) is 8.98. The minimum absolute atomic E-state index is 0.0797. The Hall–Kier alpha value is -5.01. The first-order valence-electron chi connectivity index (χ1n) is 16.2. The van der Waals surface area contributed by atoms with E-state index < -0.39 is 41.4 Å². The van der Waals surface area contributed by atoms with Crippen LogP contribution < -0.4 is 20.4 Å². The number of nitrogens with zero attached hydrogens (tertiary/aromatic N) is 5. The number of carbonyl (C=O) groups is 4. The van der Waals surface area contributed by atoms with Gasteiger partial charge in [-0.3, -0.25) is 29.4 Å². The van der Waals surface area contributed by atoms with E-state index in [9.17, 15) is 32.3 Å². The molecule has 1 unspecified atom stereocenters. The van der Waals surface area contributed by atoms with Crippen molar-refractivity contribution in [1.29, 1.82) is 0 Å². The van der Waals surface area contributed by atoms with E-state index in [1.54, 1.807) is 30.5 Å². The number of aryl methyl sites for hydroxylation is 1. The molecule has 1 aromatic heterocycles. The summed E-state index contributed by atoms with van der Waals surface area (Å²) in [7, 11) is 0. The summed E-state index contributed by atoms with van der Waals surface area (Å²) >= 11 is 0. The van der Waals surface area contributed by atoms with Gasteiger partial charge in [0, 0.05) is 51.0 Å². The van der Waals surface area contributed by atoms with Gasteiger partial charge in [0.1, 0.15) is 11.9 Å². The number of benzene rings is 2. The molecule has 0 saturated carbocycles. The van der Waals surface area contributed by atoms with Crippen molar-refractivity contribution in [1.82, 2.24) is 20.2 Å². The van der Waals surface area contributed by atoms with Crippen LogP contribution in [0.2, 0.25) is 0 Å². The highest BCUT2D eigenvalue weighted by Crippen LogP contribution is 2.33. The number of hydrogen-bond donors (Lipinski definition) is 2. The van der Waals surface area contributed by atoms with Crippen molar-refractivity contribution in [3.05, 3.63) is 77.0 Å². The first-order chi connectivity index (χ1) is 23.1. The minimum Gasteiger partial charge on any atom is -0.370 e. The van der Waals surface area contributed by atoms with Crippen LogP contribution in [-0.2, 0) is 22.2 Å². The van der Waals surface area contributed by atoms with E-state index in [2.05, 4.69) is 20.6 Å². The van der Waals surface area contributed by atoms with Crippen LogP contribution >= 0.6 is 0 Å². The normalized spacial score (nSPS) is 18.3. The molecular weight excluding hydrogens is 627 g/mol. The predicted octanol–water partition coefficient (Wildman–Crippen LogP) is 4.44. The molecule has 0 radical (unpaired) electrons. The topological polar surface area (TPSA) is 128 Å². The summed E-state index contributed by atoms with van der Waals surface area (Å²) in [4.78, 5) is 64.3. The van der Waals surface area contributed by atoms with Gasteiger partial charge in [0.15, 0.2) is 0 Å². The molecule has 2 saturated heterocycles. The highest BCUT2D eigenvalue weighted by atomic mass is 19.4. The van der Waals surface area contributed by atoms with Crippen molar-refractivity contribution in [3.63, 3.8) is 0 Å². The number of piperidine rings is 1. The van der Waals surface area contributed by atoms with Crippen LogP contribution in [0.5, 0.6) is 0 Å². The molecule has 0 spiro atoms. The molecule has 48 heavy (non-hydrogen) atoms. The Labute approximate surface area is 275 Å². The SMILES string of the molecule is O=C1CCC(N2C(=O)c3cccc(CCCCCCNc4ccnc(N5CCN(c6cccc(C(F)(F)F)c6)CC5)n4)c3C2=O)C(=O)N1. The van der Waals surface area contributed by atoms with E-state index in [4.69, 9.17) is 0 Å². The first-order valence-corrected chi connectivity index (χ1v) is 16.2. The fraction of sp³-hybridized carbons (Fsp3) is 0.412. The summed E-state index contributed by atoms with van der Waals surface area (Å²) in [6.07, 6.45) is 1.70. The Morgan fingerprint density at radius 2 is 1.62 bits per heavy atom. The molecule has 2 fully saturated rings. The summed E-state index contributed by atoms with van der Waals surface area (Å²) in [5.41, 5.74) is 1.33. The van der Waals surface area contributed by atoms with Gasteiger partial charge in [-0.05, 0) is 61.6 Å². The van der Waals surface area contributed by atoms with E-state index in [1.807, 2.05) is 15.9 Å². The monoisotopic (exact) mass is 663 g/mol. The highest BCUT2D eigenvalue weighted by Gasteiger charge is 2.45. The lowest BCUT2D eigenvalue weighted by molar-refractivity contribution is -0.138. The number of piperazine rings is 1. The lowest BCUT2D eigenvalue weighted by Gasteiger charge is -2.36. The number of fused-ring (bicyclic) bond motifs is 1. The average Bonchev–Trinajstić information content (AvgIpc) is 3.33. The van der Waals surface area contributed by atoms with Crippen LogP contribution in [-0.4, -0.2) is 77.3 Å². The van der Waals surface area contributed by atoms with Gasteiger partial charge in [0.25, 0.3) is 11.8 Å².